The highest BCUT2D eigenvalue weighted by atomic mass is 16.5. The molecule has 2 aliphatic rings. The van der Waals surface area contributed by atoms with Crippen molar-refractivity contribution in [2.24, 2.45) is 11.3 Å². The van der Waals surface area contributed by atoms with Crippen molar-refractivity contribution in [2.75, 3.05) is 7.11 Å². The van der Waals surface area contributed by atoms with Crippen LogP contribution in [0.1, 0.15) is 35.5 Å². The van der Waals surface area contributed by atoms with Crippen LogP contribution in [0.4, 0.5) is 0 Å². The van der Waals surface area contributed by atoms with E-state index in [1.54, 1.807) is 6.08 Å². The van der Waals surface area contributed by atoms with Crippen molar-refractivity contribution in [1.29, 1.82) is 0 Å². The highest BCUT2D eigenvalue weighted by Crippen LogP contribution is 2.48. The molecular formula is C16H16O4. The van der Waals surface area contributed by atoms with Gasteiger partial charge in [-0.1, -0.05) is 19.9 Å². The second-order valence-corrected chi connectivity index (χ2v) is 5.64. The molecule has 0 aliphatic heterocycles. The van der Waals surface area contributed by atoms with Crippen LogP contribution in [-0.4, -0.2) is 18.9 Å². The van der Waals surface area contributed by atoms with E-state index in [1.807, 2.05) is 19.1 Å². The third-order valence-corrected chi connectivity index (χ3v) is 4.63. The number of allylic oxidation sites excluding steroid dienone is 3. The predicted octanol–water partition coefficient (Wildman–Crippen LogP) is 2.79. The molecule has 0 fully saturated rings. The van der Waals surface area contributed by atoms with Crippen molar-refractivity contribution < 1.29 is 18.7 Å². The summed E-state index contributed by atoms with van der Waals surface area (Å²) in [7, 11) is 1.35. The van der Waals surface area contributed by atoms with Gasteiger partial charge in [0.15, 0.2) is 5.78 Å². The fraction of sp³-hybridized carbons (Fsp3) is 0.375. The minimum atomic E-state index is -0.402. The van der Waals surface area contributed by atoms with Gasteiger partial charge >= 0.3 is 5.97 Å². The molecule has 104 valence electrons. The Hall–Kier alpha value is -2.10. The summed E-state index contributed by atoms with van der Waals surface area (Å²) in [4.78, 5) is 23.7. The average Bonchev–Trinajstić information content (AvgIpc) is 2.83. The van der Waals surface area contributed by atoms with E-state index in [2.05, 4.69) is 6.92 Å². The van der Waals surface area contributed by atoms with Gasteiger partial charge in [-0.05, 0) is 24.1 Å². The molecule has 0 amide bonds. The molecule has 2 aliphatic carbocycles. The lowest BCUT2D eigenvalue weighted by Crippen LogP contribution is -2.38. The number of ketones is 1. The number of carbonyl (C=O) groups excluding carboxylic acids is 2. The number of furan rings is 1. The molecule has 0 N–H and O–H groups in total. The van der Waals surface area contributed by atoms with Gasteiger partial charge < -0.3 is 9.15 Å². The lowest BCUT2D eigenvalue weighted by molar-refractivity contribution is -0.120. The van der Waals surface area contributed by atoms with Crippen molar-refractivity contribution in [3.8, 4) is 0 Å². The summed E-state index contributed by atoms with van der Waals surface area (Å²) in [6.07, 6.45) is 7.43. The van der Waals surface area contributed by atoms with Crippen LogP contribution < -0.4 is 0 Å². The SMILES string of the molecule is COC(=O)c1coc2c1C[C@@]1(C)C(=C2)C=CC(=O)[C@@H]1C. The Labute approximate surface area is 117 Å². The van der Waals surface area contributed by atoms with Crippen LogP contribution in [0.15, 0.2) is 28.4 Å². The maximum Gasteiger partial charge on any atom is 0.341 e. The van der Waals surface area contributed by atoms with E-state index in [-0.39, 0.29) is 17.1 Å². The number of hydrogen-bond donors (Lipinski definition) is 0. The molecule has 1 aromatic heterocycles. The largest absolute Gasteiger partial charge is 0.465 e. The minimum Gasteiger partial charge on any atom is -0.465 e. The third kappa shape index (κ3) is 1.60. The van der Waals surface area contributed by atoms with Gasteiger partial charge in [0.2, 0.25) is 0 Å². The van der Waals surface area contributed by atoms with Gasteiger partial charge in [0.1, 0.15) is 17.6 Å². The topological polar surface area (TPSA) is 56.5 Å². The molecule has 1 aromatic rings. The molecule has 0 bridgehead atoms. The number of hydrogen-bond acceptors (Lipinski definition) is 4. The first-order valence-corrected chi connectivity index (χ1v) is 6.60. The zero-order valence-corrected chi connectivity index (χ0v) is 11.7. The fourth-order valence-electron chi connectivity index (χ4n) is 3.03. The highest BCUT2D eigenvalue weighted by molar-refractivity contribution is 5.96. The van der Waals surface area contributed by atoms with E-state index in [9.17, 15) is 9.59 Å². The maximum atomic E-state index is 12.0. The second-order valence-electron chi connectivity index (χ2n) is 5.64. The lowest BCUT2D eigenvalue weighted by Gasteiger charge is -2.40. The van der Waals surface area contributed by atoms with Crippen LogP contribution in [-0.2, 0) is 16.0 Å². The maximum absolute atomic E-state index is 12.0. The zero-order chi connectivity index (χ0) is 14.5. The highest BCUT2D eigenvalue weighted by Gasteiger charge is 2.44. The molecule has 3 rings (SSSR count). The van der Waals surface area contributed by atoms with Gasteiger partial charge in [0.05, 0.1) is 7.11 Å². The van der Waals surface area contributed by atoms with Crippen LogP contribution in [0.5, 0.6) is 0 Å². The van der Waals surface area contributed by atoms with Crippen molar-refractivity contribution in [3.63, 3.8) is 0 Å². The van der Waals surface area contributed by atoms with Crippen molar-refractivity contribution in [1.82, 2.24) is 0 Å². The molecule has 2 atom stereocenters. The summed E-state index contributed by atoms with van der Waals surface area (Å²) in [6, 6.07) is 0. The smallest absolute Gasteiger partial charge is 0.341 e. The first-order valence-electron chi connectivity index (χ1n) is 6.60. The number of carbonyl (C=O) groups is 2. The van der Waals surface area contributed by atoms with E-state index in [1.165, 1.54) is 13.4 Å². The monoisotopic (exact) mass is 272 g/mol. The summed E-state index contributed by atoms with van der Waals surface area (Å²) in [5.74, 6) is 0.286. The summed E-state index contributed by atoms with van der Waals surface area (Å²) in [5, 5.41) is 0. The van der Waals surface area contributed by atoms with Crippen LogP contribution >= 0.6 is 0 Å². The molecule has 0 radical (unpaired) electrons. The molecule has 0 saturated carbocycles. The number of methoxy groups -OCH3 is 1. The van der Waals surface area contributed by atoms with Crippen LogP contribution in [0.3, 0.4) is 0 Å². The fourth-order valence-corrected chi connectivity index (χ4v) is 3.03. The Kier molecular flexibility index (Phi) is 2.71. The van der Waals surface area contributed by atoms with Gasteiger partial charge in [-0.25, -0.2) is 4.79 Å². The molecule has 0 saturated heterocycles. The van der Waals surface area contributed by atoms with Crippen molar-refractivity contribution in [2.45, 2.75) is 20.3 Å². The molecule has 0 aromatic carbocycles. The number of rotatable bonds is 1. The van der Waals surface area contributed by atoms with E-state index in [0.717, 1.165) is 11.1 Å². The van der Waals surface area contributed by atoms with E-state index in [0.29, 0.717) is 17.7 Å². The summed E-state index contributed by atoms with van der Waals surface area (Å²) < 4.78 is 10.2. The first kappa shape index (κ1) is 12.9. The zero-order valence-electron chi connectivity index (χ0n) is 11.7. The lowest BCUT2D eigenvalue weighted by atomic mass is 9.62. The van der Waals surface area contributed by atoms with Crippen molar-refractivity contribution >= 4 is 17.8 Å². The van der Waals surface area contributed by atoms with Crippen molar-refractivity contribution in [3.05, 3.63) is 40.9 Å². The Morgan fingerprint density at radius 1 is 1.45 bits per heavy atom. The Bertz CT molecular complexity index is 662. The standard InChI is InChI=1S/C16H16O4/c1-9-13(17)5-4-10-6-14-11(7-16(9,10)2)12(8-20-14)15(18)19-3/h4-6,8-9H,7H2,1-3H3/t9-,16+/m0/s1. The quantitative estimate of drug-likeness (QED) is 0.738. The molecule has 0 unspecified atom stereocenters. The number of ether oxygens (including phenoxy) is 1. The first-order chi connectivity index (χ1) is 9.47. The van der Waals surface area contributed by atoms with Gasteiger partial charge in [0.25, 0.3) is 0 Å². The number of esters is 1. The van der Waals surface area contributed by atoms with Crippen LogP contribution in [0, 0.1) is 11.3 Å². The van der Waals surface area contributed by atoms with Gasteiger partial charge in [-0.15, -0.1) is 0 Å². The van der Waals surface area contributed by atoms with Gasteiger partial charge in [-0.2, -0.15) is 0 Å². The molecule has 4 heteroatoms. The average molecular weight is 272 g/mol. The predicted molar refractivity (Wildman–Crippen MR) is 73.1 cm³/mol. The normalized spacial score (nSPS) is 27.6. The molecule has 20 heavy (non-hydrogen) atoms. The Balaban J connectivity index is 2.14. The molecular weight excluding hydrogens is 256 g/mol. The van der Waals surface area contributed by atoms with E-state index in [4.69, 9.17) is 9.15 Å². The van der Waals surface area contributed by atoms with Gasteiger partial charge in [-0.3, -0.25) is 4.79 Å². The summed E-state index contributed by atoms with van der Waals surface area (Å²) in [6.45, 7) is 3.99. The molecule has 4 nitrogen and oxygen atoms in total. The third-order valence-electron chi connectivity index (χ3n) is 4.63. The van der Waals surface area contributed by atoms with E-state index < -0.39 is 5.97 Å². The molecule has 0 spiro atoms. The number of fused-ring (bicyclic) bond motifs is 2. The van der Waals surface area contributed by atoms with Crippen LogP contribution in [0.2, 0.25) is 0 Å². The Morgan fingerprint density at radius 3 is 2.90 bits per heavy atom. The summed E-state index contributed by atoms with van der Waals surface area (Å²) >= 11 is 0. The van der Waals surface area contributed by atoms with Crippen LogP contribution in [0.25, 0.3) is 6.08 Å². The second kappa shape index (κ2) is 4.20. The molecule has 1 heterocycles. The van der Waals surface area contributed by atoms with E-state index >= 15 is 0 Å². The Morgan fingerprint density at radius 2 is 2.20 bits per heavy atom. The summed E-state index contributed by atoms with van der Waals surface area (Å²) in [5.41, 5.74) is 2.06. The minimum absolute atomic E-state index is 0.118. The van der Waals surface area contributed by atoms with Gasteiger partial charge in [0, 0.05) is 16.9 Å².